The monoisotopic (exact) mass is 469 g/mol. The maximum absolute atomic E-state index is 12.4. The molecule has 35 heavy (non-hydrogen) atoms. The Labute approximate surface area is 205 Å². The lowest BCUT2D eigenvalue weighted by molar-refractivity contribution is 0.0951. The molecular weight excluding hydrogens is 438 g/mol. The van der Waals surface area contributed by atoms with Crippen molar-refractivity contribution >= 4 is 17.4 Å². The Kier molecular flexibility index (Phi) is 6.40. The Morgan fingerprint density at radius 3 is 2.66 bits per heavy atom. The lowest BCUT2D eigenvalue weighted by Crippen LogP contribution is -2.25. The van der Waals surface area contributed by atoms with E-state index in [0.717, 1.165) is 59.1 Å². The second-order valence-corrected chi connectivity index (χ2v) is 9.37. The van der Waals surface area contributed by atoms with Crippen molar-refractivity contribution in [2.45, 2.75) is 39.7 Å². The van der Waals surface area contributed by atoms with Crippen molar-refractivity contribution < 1.29 is 9.53 Å². The van der Waals surface area contributed by atoms with E-state index < -0.39 is 0 Å². The maximum Gasteiger partial charge on any atom is 0.251 e. The molecule has 0 bridgehead atoms. The molecule has 5 rings (SSSR count). The van der Waals surface area contributed by atoms with Crippen LogP contribution in [0.5, 0.6) is 5.75 Å². The molecule has 1 amide bonds. The van der Waals surface area contributed by atoms with Crippen molar-refractivity contribution in [3.8, 4) is 28.3 Å². The number of carbonyl (C=O) groups excluding carboxylic acids is 1. The van der Waals surface area contributed by atoms with Gasteiger partial charge < -0.3 is 15.4 Å². The fraction of sp³-hybridized carbons (Fsp3) is 0.321. The molecule has 7 nitrogen and oxygen atoms in total. The topological polar surface area (TPSA) is 80.5 Å². The van der Waals surface area contributed by atoms with Crippen molar-refractivity contribution in [3.05, 3.63) is 66.5 Å². The molecule has 4 aromatic rings. The van der Waals surface area contributed by atoms with E-state index in [0.29, 0.717) is 24.1 Å². The van der Waals surface area contributed by atoms with Gasteiger partial charge in [0.1, 0.15) is 5.75 Å². The summed E-state index contributed by atoms with van der Waals surface area (Å²) in [4.78, 5) is 22.0. The zero-order valence-corrected chi connectivity index (χ0v) is 20.4. The first kappa shape index (κ1) is 22.9. The van der Waals surface area contributed by atoms with Gasteiger partial charge in [0.2, 0.25) is 0 Å². The molecule has 0 spiro atoms. The van der Waals surface area contributed by atoms with Crippen molar-refractivity contribution in [1.82, 2.24) is 19.7 Å². The van der Waals surface area contributed by atoms with E-state index >= 15 is 0 Å². The van der Waals surface area contributed by atoms with Crippen LogP contribution in [0.1, 0.15) is 44.0 Å². The van der Waals surface area contributed by atoms with Crippen LogP contribution >= 0.6 is 0 Å². The van der Waals surface area contributed by atoms with Crippen LogP contribution in [0.15, 0.2) is 60.9 Å². The van der Waals surface area contributed by atoms with Crippen molar-refractivity contribution in [2.75, 3.05) is 18.5 Å². The first-order valence-electron chi connectivity index (χ1n) is 12.3. The average Bonchev–Trinajstić information content (AvgIpc) is 3.57. The van der Waals surface area contributed by atoms with Crippen LogP contribution in [0.3, 0.4) is 0 Å². The third-order valence-corrected chi connectivity index (χ3v) is 5.97. The van der Waals surface area contributed by atoms with Gasteiger partial charge in [-0.15, -0.1) is 0 Å². The minimum atomic E-state index is -0.0157. The van der Waals surface area contributed by atoms with Gasteiger partial charge in [0.25, 0.3) is 5.91 Å². The molecule has 1 fully saturated rings. The summed E-state index contributed by atoms with van der Waals surface area (Å²) in [7, 11) is 0. The highest BCUT2D eigenvalue weighted by Gasteiger charge is 2.23. The second-order valence-electron chi connectivity index (χ2n) is 9.37. The molecule has 2 aromatic heterocycles. The summed E-state index contributed by atoms with van der Waals surface area (Å²) in [5.41, 5.74) is 5.15. The Bertz CT molecular complexity index is 1340. The van der Waals surface area contributed by atoms with Crippen LogP contribution in [0.25, 0.3) is 28.2 Å². The number of carbonyl (C=O) groups is 1. The number of nitrogens with one attached hydrogen (secondary N) is 2. The summed E-state index contributed by atoms with van der Waals surface area (Å²) in [6.45, 7) is 7.70. The summed E-state index contributed by atoms with van der Waals surface area (Å²) < 4.78 is 7.77. The van der Waals surface area contributed by atoms with E-state index in [4.69, 9.17) is 14.7 Å². The number of amides is 1. The normalized spacial score (nSPS) is 13.3. The van der Waals surface area contributed by atoms with Gasteiger partial charge in [-0.3, -0.25) is 9.20 Å². The van der Waals surface area contributed by atoms with Crippen LogP contribution in [0.4, 0.5) is 5.82 Å². The van der Waals surface area contributed by atoms with Crippen LogP contribution in [-0.4, -0.2) is 39.5 Å². The van der Waals surface area contributed by atoms with E-state index in [1.165, 1.54) is 0 Å². The number of hydrogen-bond donors (Lipinski definition) is 2. The Balaban J connectivity index is 1.54. The summed E-state index contributed by atoms with van der Waals surface area (Å²) >= 11 is 0. The number of hydrogen-bond acceptors (Lipinski definition) is 5. The minimum absolute atomic E-state index is 0.0157. The number of benzene rings is 2. The molecule has 1 aliphatic rings. The molecule has 0 unspecified atom stereocenters. The van der Waals surface area contributed by atoms with E-state index in [1.54, 1.807) is 0 Å². The molecule has 0 saturated heterocycles. The molecule has 1 aliphatic carbocycles. The predicted octanol–water partition coefficient (Wildman–Crippen LogP) is 5.42. The Hall–Kier alpha value is -3.87. The van der Waals surface area contributed by atoms with Gasteiger partial charge in [0.15, 0.2) is 11.5 Å². The van der Waals surface area contributed by atoms with Gasteiger partial charge in [-0.1, -0.05) is 38.1 Å². The standard InChI is InChI=1S/C28H31N5O2/c1-4-35-23-7-5-6-21(14-23)24-17-33-25(16-30-27(33)26(32-24)29-15-18(2)3)19-8-10-20(11-9-19)28(34)31-22-12-13-22/h5-11,14,16-18,22H,4,12-13,15H2,1-3H3,(H,29,32)(H,31,34). The molecule has 0 radical (unpaired) electrons. The second kappa shape index (κ2) is 9.78. The van der Waals surface area contributed by atoms with E-state index in [2.05, 4.69) is 28.9 Å². The number of nitrogens with zero attached hydrogens (tertiary/aromatic N) is 3. The van der Waals surface area contributed by atoms with Crippen LogP contribution < -0.4 is 15.4 Å². The lowest BCUT2D eigenvalue weighted by Gasteiger charge is -2.13. The zero-order valence-electron chi connectivity index (χ0n) is 20.4. The zero-order chi connectivity index (χ0) is 24.4. The Morgan fingerprint density at radius 1 is 1.14 bits per heavy atom. The van der Waals surface area contributed by atoms with Crippen LogP contribution in [0.2, 0.25) is 0 Å². The van der Waals surface area contributed by atoms with Crippen LogP contribution in [-0.2, 0) is 0 Å². The van der Waals surface area contributed by atoms with E-state index in [-0.39, 0.29) is 5.91 Å². The van der Waals surface area contributed by atoms with Gasteiger partial charge in [0, 0.05) is 35.5 Å². The summed E-state index contributed by atoms with van der Waals surface area (Å²) in [5.74, 6) is 2.00. The SMILES string of the molecule is CCOc1cccc(-c2cn3c(-c4ccc(C(=O)NC5CC5)cc4)cnc3c(NCC(C)C)n2)c1. The highest BCUT2D eigenvalue weighted by Crippen LogP contribution is 2.29. The molecule has 0 atom stereocenters. The molecular formula is C28H31N5O2. The third kappa shape index (κ3) is 5.14. The number of fused-ring (bicyclic) bond motifs is 1. The number of anilines is 1. The molecule has 1 saturated carbocycles. The van der Waals surface area contributed by atoms with E-state index in [1.807, 2.05) is 67.8 Å². The van der Waals surface area contributed by atoms with Gasteiger partial charge in [0.05, 0.1) is 24.2 Å². The first-order valence-corrected chi connectivity index (χ1v) is 12.3. The van der Waals surface area contributed by atoms with Crippen molar-refractivity contribution in [1.29, 1.82) is 0 Å². The predicted molar refractivity (Wildman–Crippen MR) is 139 cm³/mol. The highest BCUT2D eigenvalue weighted by atomic mass is 16.5. The fourth-order valence-electron chi connectivity index (χ4n) is 3.96. The van der Waals surface area contributed by atoms with Crippen LogP contribution in [0, 0.1) is 5.92 Å². The smallest absolute Gasteiger partial charge is 0.251 e. The van der Waals surface area contributed by atoms with Gasteiger partial charge >= 0.3 is 0 Å². The Morgan fingerprint density at radius 2 is 1.94 bits per heavy atom. The fourth-order valence-corrected chi connectivity index (χ4v) is 3.96. The van der Waals surface area contributed by atoms with Gasteiger partial charge in [-0.2, -0.15) is 0 Å². The van der Waals surface area contributed by atoms with Gasteiger partial charge in [-0.05, 0) is 49.9 Å². The van der Waals surface area contributed by atoms with E-state index in [9.17, 15) is 4.79 Å². The van der Waals surface area contributed by atoms with Crippen molar-refractivity contribution in [2.24, 2.45) is 5.92 Å². The summed E-state index contributed by atoms with van der Waals surface area (Å²) in [6, 6.07) is 16.0. The highest BCUT2D eigenvalue weighted by molar-refractivity contribution is 5.95. The maximum atomic E-state index is 12.4. The summed E-state index contributed by atoms with van der Waals surface area (Å²) in [5, 5.41) is 6.51. The lowest BCUT2D eigenvalue weighted by atomic mass is 10.1. The largest absolute Gasteiger partial charge is 0.494 e. The third-order valence-electron chi connectivity index (χ3n) is 5.97. The molecule has 2 heterocycles. The molecule has 180 valence electrons. The first-order chi connectivity index (χ1) is 17.0. The van der Waals surface area contributed by atoms with Crippen molar-refractivity contribution in [3.63, 3.8) is 0 Å². The molecule has 2 aromatic carbocycles. The quantitative estimate of drug-likeness (QED) is 0.342. The minimum Gasteiger partial charge on any atom is -0.494 e. The number of ether oxygens (including phenoxy) is 1. The average molecular weight is 470 g/mol. The molecule has 0 aliphatic heterocycles. The van der Waals surface area contributed by atoms with Gasteiger partial charge in [-0.25, -0.2) is 9.97 Å². The molecule has 2 N–H and O–H groups in total. The number of aromatic nitrogens is 3. The number of rotatable bonds is 9. The summed E-state index contributed by atoms with van der Waals surface area (Å²) in [6.07, 6.45) is 6.01. The molecule has 7 heteroatoms. The number of imidazole rings is 1.